The molecule has 0 amide bonds. The summed E-state index contributed by atoms with van der Waals surface area (Å²) in [5, 5.41) is 15.9. The Morgan fingerprint density at radius 2 is 2.12 bits per heavy atom. The zero-order chi connectivity index (χ0) is 19.4. The van der Waals surface area contributed by atoms with Crippen LogP contribution >= 0.6 is 0 Å². The summed E-state index contributed by atoms with van der Waals surface area (Å²) in [7, 11) is -0.221. The fourth-order valence-corrected chi connectivity index (χ4v) is 3.58. The van der Waals surface area contributed by atoms with E-state index in [4.69, 9.17) is 9.94 Å². The molecular weight excluding hydrogens is 360 g/mol. The van der Waals surface area contributed by atoms with E-state index in [1.165, 1.54) is 23.3 Å². The first-order chi connectivity index (χ1) is 12.1. The zero-order valence-corrected chi connectivity index (χ0v) is 15.9. The first-order valence-corrected chi connectivity index (χ1v) is 9.32. The van der Waals surface area contributed by atoms with Gasteiger partial charge in [0.05, 0.1) is 24.8 Å². The minimum atomic E-state index is -3.61. The van der Waals surface area contributed by atoms with Crippen molar-refractivity contribution < 1.29 is 18.4 Å². The van der Waals surface area contributed by atoms with Crippen molar-refractivity contribution in [1.29, 1.82) is 0 Å². The van der Waals surface area contributed by atoms with Gasteiger partial charge in [-0.1, -0.05) is 19.0 Å². The topological polar surface area (TPSA) is 122 Å². The van der Waals surface area contributed by atoms with Crippen molar-refractivity contribution in [2.75, 3.05) is 26.5 Å². The van der Waals surface area contributed by atoms with Gasteiger partial charge in [0, 0.05) is 25.6 Å². The van der Waals surface area contributed by atoms with Crippen LogP contribution in [0.25, 0.3) is 5.65 Å². The summed E-state index contributed by atoms with van der Waals surface area (Å²) in [6, 6.07) is 3.33. The molecule has 10 nitrogen and oxygen atoms in total. The zero-order valence-electron chi connectivity index (χ0n) is 15.1. The van der Waals surface area contributed by atoms with Crippen LogP contribution in [-0.4, -0.2) is 72.1 Å². The summed E-state index contributed by atoms with van der Waals surface area (Å²) < 4.78 is 34.9. The summed E-state index contributed by atoms with van der Waals surface area (Å²) in [6.45, 7) is 3.67. The molecule has 142 valence electrons. The van der Waals surface area contributed by atoms with Gasteiger partial charge >= 0.3 is 0 Å². The largest absolute Gasteiger partial charge is 0.476 e. The standard InChI is InChI=1S/C15H22N6O4S/c1-15(2,10-26(23,24)18-11-20(3)4)9-25-14-6-5-13-16-7-12(8-17-22)21(13)19-14/h5-8,11,22H,9-10H2,1-4H3/b17-8+,18-11+. The number of aromatic nitrogens is 3. The van der Waals surface area contributed by atoms with Crippen LogP contribution in [0.4, 0.5) is 0 Å². The monoisotopic (exact) mass is 382 g/mol. The average molecular weight is 382 g/mol. The molecule has 1 N–H and O–H groups in total. The highest BCUT2D eigenvalue weighted by Crippen LogP contribution is 2.21. The van der Waals surface area contributed by atoms with Crippen LogP contribution in [0.1, 0.15) is 19.5 Å². The summed E-state index contributed by atoms with van der Waals surface area (Å²) >= 11 is 0. The number of sulfonamides is 1. The Labute approximate surface area is 151 Å². The van der Waals surface area contributed by atoms with Crippen molar-refractivity contribution in [3.8, 4) is 5.88 Å². The third-order valence-electron chi connectivity index (χ3n) is 3.18. The lowest BCUT2D eigenvalue weighted by atomic mass is 9.98. The van der Waals surface area contributed by atoms with E-state index in [9.17, 15) is 8.42 Å². The molecule has 2 aromatic rings. The van der Waals surface area contributed by atoms with E-state index in [2.05, 4.69) is 19.6 Å². The molecule has 2 rings (SSSR count). The number of rotatable bonds is 8. The van der Waals surface area contributed by atoms with Gasteiger partial charge in [-0.15, -0.1) is 5.10 Å². The van der Waals surface area contributed by atoms with E-state index in [-0.39, 0.29) is 12.4 Å². The SMILES string of the molecule is CN(C)/C=N/S(=O)(=O)CC(C)(C)COc1ccc2ncc(/C=N/O)n2n1. The lowest BCUT2D eigenvalue weighted by molar-refractivity contribution is 0.191. The van der Waals surface area contributed by atoms with Crippen molar-refractivity contribution in [2.45, 2.75) is 13.8 Å². The van der Waals surface area contributed by atoms with E-state index < -0.39 is 15.4 Å². The normalized spacial score (nSPS) is 13.1. The first-order valence-electron chi connectivity index (χ1n) is 7.71. The smallest absolute Gasteiger partial charge is 0.255 e. The molecule has 0 spiro atoms. The maximum atomic E-state index is 12.1. The van der Waals surface area contributed by atoms with Crippen molar-refractivity contribution in [2.24, 2.45) is 15.0 Å². The van der Waals surface area contributed by atoms with Gasteiger partial charge in [0.25, 0.3) is 10.0 Å². The van der Waals surface area contributed by atoms with Crippen LogP contribution in [0.15, 0.2) is 27.9 Å². The minimum absolute atomic E-state index is 0.125. The fraction of sp³-hybridized carbons (Fsp3) is 0.467. The van der Waals surface area contributed by atoms with Crippen LogP contribution in [-0.2, 0) is 10.0 Å². The second-order valence-corrected chi connectivity index (χ2v) is 8.40. The number of imidazole rings is 1. The molecule has 0 aliphatic heterocycles. The quantitative estimate of drug-likeness (QED) is 0.311. The number of fused-ring (bicyclic) bond motifs is 1. The molecule has 0 aliphatic carbocycles. The molecule has 0 aromatic carbocycles. The van der Waals surface area contributed by atoms with E-state index in [0.717, 1.165) is 0 Å². The molecule has 11 heteroatoms. The van der Waals surface area contributed by atoms with E-state index >= 15 is 0 Å². The van der Waals surface area contributed by atoms with Gasteiger partial charge in [0.1, 0.15) is 12.0 Å². The van der Waals surface area contributed by atoms with Crippen molar-refractivity contribution in [1.82, 2.24) is 19.5 Å². The molecule has 0 saturated carbocycles. The van der Waals surface area contributed by atoms with E-state index in [1.807, 2.05) is 0 Å². The molecule has 26 heavy (non-hydrogen) atoms. The first kappa shape index (κ1) is 19.6. The number of nitrogens with zero attached hydrogens (tertiary/aromatic N) is 6. The summed E-state index contributed by atoms with van der Waals surface area (Å²) in [5.74, 6) is 0.130. The molecule has 2 heterocycles. The molecule has 0 radical (unpaired) electrons. The Kier molecular flexibility index (Phi) is 5.80. The van der Waals surface area contributed by atoms with Gasteiger partial charge in [-0.2, -0.15) is 4.40 Å². The molecule has 0 aliphatic rings. The van der Waals surface area contributed by atoms with Crippen molar-refractivity contribution in [3.05, 3.63) is 24.0 Å². The average Bonchev–Trinajstić information content (AvgIpc) is 2.93. The van der Waals surface area contributed by atoms with Crippen LogP contribution in [0, 0.1) is 5.41 Å². The third kappa shape index (κ3) is 5.41. The second kappa shape index (κ2) is 7.68. The maximum Gasteiger partial charge on any atom is 0.255 e. The molecule has 0 bridgehead atoms. The van der Waals surface area contributed by atoms with Crippen molar-refractivity contribution in [3.63, 3.8) is 0 Å². The van der Waals surface area contributed by atoms with Crippen LogP contribution < -0.4 is 4.74 Å². The lowest BCUT2D eigenvalue weighted by Gasteiger charge is -2.23. The van der Waals surface area contributed by atoms with E-state index in [0.29, 0.717) is 17.2 Å². The molecule has 0 fully saturated rings. The summed E-state index contributed by atoms with van der Waals surface area (Å²) in [4.78, 5) is 5.67. The van der Waals surface area contributed by atoms with E-state index in [1.54, 1.807) is 45.0 Å². The van der Waals surface area contributed by atoms with Crippen LogP contribution in [0.3, 0.4) is 0 Å². The predicted octanol–water partition coefficient (Wildman–Crippen LogP) is 0.862. The number of hydrogen-bond donors (Lipinski definition) is 1. The molecular formula is C15H22N6O4S. The number of oxime groups is 1. The van der Waals surface area contributed by atoms with Gasteiger partial charge in [-0.3, -0.25) is 0 Å². The minimum Gasteiger partial charge on any atom is -0.476 e. The number of ether oxygens (including phenoxy) is 1. The maximum absolute atomic E-state index is 12.1. The fourth-order valence-electron chi connectivity index (χ4n) is 2.11. The van der Waals surface area contributed by atoms with Gasteiger partial charge in [0.2, 0.25) is 5.88 Å². The highest BCUT2D eigenvalue weighted by Gasteiger charge is 2.27. The Morgan fingerprint density at radius 1 is 1.38 bits per heavy atom. The van der Waals surface area contributed by atoms with Gasteiger partial charge in [-0.05, 0) is 6.07 Å². The van der Waals surface area contributed by atoms with Gasteiger partial charge in [0.15, 0.2) is 5.65 Å². The number of hydrogen-bond acceptors (Lipinski definition) is 7. The molecule has 0 saturated heterocycles. The van der Waals surface area contributed by atoms with Gasteiger partial charge in [-0.25, -0.2) is 17.9 Å². The van der Waals surface area contributed by atoms with Crippen LogP contribution in [0.5, 0.6) is 5.88 Å². The second-order valence-electron chi connectivity index (χ2n) is 6.73. The summed E-state index contributed by atoms with van der Waals surface area (Å²) in [6.07, 6.45) is 3.96. The van der Waals surface area contributed by atoms with Crippen LogP contribution in [0.2, 0.25) is 0 Å². The van der Waals surface area contributed by atoms with Crippen molar-refractivity contribution >= 4 is 28.2 Å². The highest BCUT2D eigenvalue weighted by atomic mass is 32.2. The Hall–Kier alpha value is -2.69. The molecule has 0 unspecified atom stereocenters. The lowest BCUT2D eigenvalue weighted by Crippen LogP contribution is -2.30. The third-order valence-corrected chi connectivity index (χ3v) is 4.74. The molecule has 0 atom stereocenters. The molecule has 2 aromatic heterocycles. The summed E-state index contributed by atoms with van der Waals surface area (Å²) in [5.41, 5.74) is 0.364. The Bertz CT molecular complexity index is 917. The predicted molar refractivity (Wildman–Crippen MR) is 97.6 cm³/mol. The Balaban J connectivity index is 2.09. The Morgan fingerprint density at radius 3 is 2.77 bits per heavy atom. The van der Waals surface area contributed by atoms with Gasteiger partial charge < -0.3 is 14.8 Å². The highest BCUT2D eigenvalue weighted by molar-refractivity contribution is 7.90.